The molecule has 124 valence electrons. The molecule has 0 fully saturated rings. The van der Waals surface area contributed by atoms with Crippen molar-refractivity contribution in [1.29, 1.82) is 5.26 Å². The number of hydrogen-bond donors (Lipinski definition) is 1. The standard InChI is InChI=1S/C16H13ClN2O4S/c17-13-3-7-15(8-4-13)24(22,23)19(11-16(20)21)14-5-1-12(2-6-14)9-10-18/h1-8H,9,11H2,(H,20,21). The first kappa shape index (κ1) is 17.8. The average Bonchev–Trinajstić information content (AvgIpc) is 2.54. The van der Waals surface area contributed by atoms with E-state index in [-0.39, 0.29) is 17.0 Å². The lowest BCUT2D eigenvalue weighted by Crippen LogP contribution is -2.35. The molecule has 0 atom stereocenters. The first-order valence-electron chi connectivity index (χ1n) is 6.80. The summed E-state index contributed by atoms with van der Waals surface area (Å²) < 4.78 is 26.3. The van der Waals surface area contributed by atoms with Gasteiger partial charge in [-0.2, -0.15) is 5.26 Å². The van der Waals surface area contributed by atoms with Gasteiger partial charge in [-0.3, -0.25) is 9.10 Å². The van der Waals surface area contributed by atoms with E-state index in [2.05, 4.69) is 0 Å². The third-order valence-electron chi connectivity index (χ3n) is 3.19. The third-order valence-corrected chi connectivity index (χ3v) is 5.23. The molecule has 0 amide bonds. The van der Waals surface area contributed by atoms with Crippen molar-refractivity contribution < 1.29 is 18.3 Å². The monoisotopic (exact) mass is 364 g/mol. The van der Waals surface area contributed by atoms with Gasteiger partial charge in [-0.1, -0.05) is 23.7 Å². The molecule has 0 saturated heterocycles. The Morgan fingerprint density at radius 3 is 2.21 bits per heavy atom. The van der Waals surface area contributed by atoms with Crippen LogP contribution in [0.25, 0.3) is 0 Å². The van der Waals surface area contributed by atoms with Crippen molar-refractivity contribution >= 4 is 33.3 Å². The highest BCUT2D eigenvalue weighted by Crippen LogP contribution is 2.25. The molecule has 0 spiro atoms. The molecule has 0 heterocycles. The molecule has 8 heteroatoms. The van der Waals surface area contributed by atoms with Gasteiger partial charge in [-0.05, 0) is 42.0 Å². The van der Waals surface area contributed by atoms with Crippen molar-refractivity contribution in [2.45, 2.75) is 11.3 Å². The maximum Gasteiger partial charge on any atom is 0.324 e. The molecule has 6 nitrogen and oxygen atoms in total. The number of carbonyl (C=O) groups is 1. The fourth-order valence-corrected chi connectivity index (χ4v) is 3.58. The summed E-state index contributed by atoms with van der Waals surface area (Å²) in [5, 5.41) is 18.1. The summed E-state index contributed by atoms with van der Waals surface area (Å²) in [7, 11) is -4.06. The normalized spacial score (nSPS) is 10.8. The third kappa shape index (κ3) is 4.04. The molecule has 2 rings (SSSR count). The summed E-state index contributed by atoms with van der Waals surface area (Å²) in [6, 6.07) is 13.6. The molecule has 0 unspecified atom stereocenters. The zero-order valence-electron chi connectivity index (χ0n) is 12.4. The van der Waals surface area contributed by atoms with Crippen LogP contribution in [0.4, 0.5) is 5.69 Å². The minimum atomic E-state index is -4.06. The fraction of sp³-hybridized carbons (Fsp3) is 0.125. The first-order chi connectivity index (χ1) is 11.3. The van der Waals surface area contributed by atoms with Crippen LogP contribution in [0.5, 0.6) is 0 Å². The molecule has 0 radical (unpaired) electrons. The number of hydrogen-bond acceptors (Lipinski definition) is 4. The molecule has 0 aliphatic carbocycles. The Morgan fingerprint density at radius 2 is 1.71 bits per heavy atom. The van der Waals surface area contributed by atoms with Crippen molar-refractivity contribution in [2.75, 3.05) is 10.8 Å². The molecular weight excluding hydrogens is 352 g/mol. The number of halogens is 1. The maximum absolute atomic E-state index is 12.8. The van der Waals surface area contributed by atoms with E-state index in [1.807, 2.05) is 6.07 Å². The Hall–Kier alpha value is -2.56. The van der Waals surface area contributed by atoms with Gasteiger partial charge in [0, 0.05) is 5.02 Å². The van der Waals surface area contributed by atoms with Gasteiger partial charge in [-0.25, -0.2) is 8.42 Å². The molecule has 2 aromatic carbocycles. The molecule has 0 aromatic heterocycles. The van der Waals surface area contributed by atoms with Crippen LogP contribution in [-0.2, 0) is 21.2 Å². The van der Waals surface area contributed by atoms with Crippen LogP contribution in [-0.4, -0.2) is 26.0 Å². The van der Waals surface area contributed by atoms with E-state index >= 15 is 0 Å². The largest absolute Gasteiger partial charge is 0.480 e. The SMILES string of the molecule is N#CCc1ccc(N(CC(=O)O)S(=O)(=O)c2ccc(Cl)cc2)cc1. The highest BCUT2D eigenvalue weighted by molar-refractivity contribution is 7.92. The summed E-state index contributed by atoms with van der Waals surface area (Å²) in [4.78, 5) is 11.1. The zero-order chi connectivity index (χ0) is 17.7. The summed E-state index contributed by atoms with van der Waals surface area (Å²) in [6.07, 6.45) is 0.184. The highest BCUT2D eigenvalue weighted by atomic mass is 35.5. The van der Waals surface area contributed by atoms with Gasteiger partial charge < -0.3 is 5.11 Å². The first-order valence-corrected chi connectivity index (χ1v) is 8.62. The lowest BCUT2D eigenvalue weighted by atomic mass is 10.1. The van der Waals surface area contributed by atoms with E-state index in [4.69, 9.17) is 22.0 Å². The maximum atomic E-state index is 12.8. The van der Waals surface area contributed by atoms with Crippen molar-refractivity contribution in [3.8, 4) is 6.07 Å². The second kappa shape index (κ2) is 7.34. The van der Waals surface area contributed by atoms with Crippen LogP contribution in [0.3, 0.4) is 0 Å². The summed E-state index contributed by atoms with van der Waals surface area (Å²) in [5.74, 6) is -1.28. The minimum absolute atomic E-state index is 0.0609. The smallest absolute Gasteiger partial charge is 0.324 e. The molecule has 0 aliphatic rings. The van der Waals surface area contributed by atoms with Gasteiger partial charge in [0.25, 0.3) is 10.0 Å². The van der Waals surface area contributed by atoms with Gasteiger partial charge in [0.1, 0.15) is 6.54 Å². The van der Waals surface area contributed by atoms with Crippen molar-refractivity contribution in [1.82, 2.24) is 0 Å². The Morgan fingerprint density at radius 1 is 1.12 bits per heavy atom. The number of sulfonamides is 1. The minimum Gasteiger partial charge on any atom is -0.480 e. The van der Waals surface area contributed by atoms with E-state index in [0.717, 1.165) is 4.31 Å². The Bertz CT molecular complexity index is 872. The Kier molecular flexibility index (Phi) is 5.44. The van der Waals surface area contributed by atoms with Gasteiger partial charge >= 0.3 is 5.97 Å². The molecule has 1 N–H and O–H groups in total. The molecular formula is C16H13ClN2O4S. The second-order valence-electron chi connectivity index (χ2n) is 4.86. The van der Waals surface area contributed by atoms with Gasteiger partial charge in [0.05, 0.1) is 23.1 Å². The van der Waals surface area contributed by atoms with Crippen LogP contribution in [0.2, 0.25) is 5.02 Å². The number of benzene rings is 2. The number of nitriles is 1. The van der Waals surface area contributed by atoms with E-state index in [1.165, 1.54) is 36.4 Å². The van der Waals surface area contributed by atoms with E-state index in [0.29, 0.717) is 10.6 Å². The number of anilines is 1. The summed E-state index contributed by atoms with van der Waals surface area (Å²) in [5.41, 5.74) is 0.912. The van der Waals surface area contributed by atoms with Crippen LogP contribution in [0.15, 0.2) is 53.4 Å². The van der Waals surface area contributed by atoms with Crippen LogP contribution < -0.4 is 4.31 Å². The molecule has 0 bridgehead atoms. The van der Waals surface area contributed by atoms with E-state index in [9.17, 15) is 13.2 Å². The van der Waals surface area contributed by atoms with Crippen LogP contribution >= 0.6 is 11.6 Å². The van der Waals surface area contributed by atoms with Crippen molar-refractivity contribution in [3.63, 3.8) is 0 Å². The van der Waals surface area contributed by atoms with Gasteiger partial charge in [-0.15, -0.1) is 0 Å². The average molecular weight is 365 g/mol. The second-order valence-corrected chi connectivity index (χ2v) is 7.16. The van der Waals surface area contributed by atoms with E-state index < -0.39 is 22.5 Å². The zero-order valence-corrected chi connectivity index (χ0v) is 14.0. The highest BCUT2D eigenvalue weighted by Gasteiger charge is 2.27. The Balaban J connectivity index is 2.46. The van der Waals surface area contributed by atoms with Crippen LogP contribution in [0, 0.1) is 11.3 Å². The number of nitrogens with zero attached hydrogens (tertiary/aromatic N) is 2. The molecule has 0 saturated carbocycles. The fourth-order valence-electron chi connectivity index (χ4n) is 2.04. The van der Waals surface area contributed by atoms with Gasteiger partial charge in [0.15, 0.2) is 0 Å². The van der Waals surface area contributed by atoms with Crippen molar-refractivity contribution in [3.05, 3.63) is 59.1 Å². The molecule has 2 aromatic rings. The van der Waals surface area contributed by atoms with E-state index in [1.54, 1.807) is 12.1 Å². The molecule has 0 aliphatic heterocycles. The Labute approximate surface area is 144 Å². The van der Waals surface area contributed by atoms with Gasteiger partial charge in [0.2, 0.25) is 0 Å². The van der Waals surface area contributed by atoms with Crippen LogP contribution in [0.1, 0.15) is 5.56 Å². The number of carboxylic acid groups (broad SMARTS) is 1. The lowest BCUT2D eigenvalue weighted by Gasteiger charge is -2.23. The number of rotatable bonds is 6. The quantitative estimate of drug-likeness (QED) is 0.849. The number of carboxylic acids is 1. The summed E-state index contributed by atoms with van der Waals surface area (Å²) >= 11 is 5.76. The molecule has 24 heavy (non-hydrogen) atoms. The summed E-state index contributed by atoms with van der Waals surface area (Å²) in [6.45, 7) is -0.720. The number of aliphatic carboxylic acids is 1. The van der Waals surface area contributed by atoms with Crippen molar-refractivity contribution in [2.24, 2.45) is 0 Å². The predicted octanol–water partition coefficient (Wildman–Crippen LogP) is 2.69. The predicted molar refractivity (Wildman–Crippen MR) is 89.4 cm³/mol. The topological polar surface area (TPSA) is 98.5 Å². The lowest BCUT2D eigenvalue weighted by molar-refractivity contribution is -0.135.